The van der Waals surface area contributed by atoms with Gasteiger partial charge in [-0.25, -0.2) is 8.42 Å². The monoisotopic (exact) mass is 545 g/mol. The van der Waals surface area contributed by atoms with Gasteiger partial charge in [-0.1, -0.05) is 35.1 Å². The van der Waals surface area contributed by atoms with Crippen LogP contribution in [0.25, 0.3) is 10.9 Å². The van der Waals surface area contributed by atoms with Crippen LogP contribution >= 0.6 is 22.9 Å². The molecule has 36 heavy (non-hydrogen) atoms. The number of benzene rings is 2. The second kappa shape index (κ2) is 9.57. The number of fused-ring (bicyclic) bond motifs is 1. The van der Waals surface area contributed by atoms with Gasteiger partial charge in [0.05, 0.1) is 10.1 Å². The Morgan fingerprint density at radius 2 is 1.92 bits per heavy atom. The van der Waals surface area contributed by atoms with Crippen molar-refractivity contribution in [2.45, 2.75) is 36.0 Å². The van der Waals surface area contributed by atoms with E-state index in [1.54, 1.807) is 30.5 Å². The highest BCUT2D eigenvalue weighted by atomic mass is 35.5. The molecule has 1 amide bonds. The Bertz CT molecular complexity index is 1560. The summed E-state index contributed by atoms with van der Waals surface area (Å²) >= 11 is 7.00. The molecular formula is C24H20ClN3O6S2. The number of hydrogen-bond donors (Lipinski definition) is 2. The Morgan fingerprint density at radius 3 is 2.61 bits per heavy atom. The van der Waals surface area contributed by atoms with E-state index in [-0.39, 0.29) is 25.5 Å². The second-order valence-electron chi connectivity index (χ2n) is 8.22. The molecule has 2 aromatic carbocycles. The predicted molar refractivity (Wildman–Crippen MR) is 135 cm³/mol. The molecular weight excluding hydrogens is 526 g/mol. The summed E-state index contributed by atoms with van der Waals surface area (Å²) in [5.74, 6) is -0.825. The standard InChI is InChI=1S/C24H20ClN3O6S2/c1-13(29)33-23-21(25)35-24(28-23)27-22(30)20(34-16-4-9-19-15(12-16)10-11-26-19)14-2-5-17(6-3-14)36(31,32)18-7-8-18/h2-6,9-12,18,20,26H,7-8H2,1H3,(H,27,28,30). The number of halogens is 1. The summed E-state index contributed by atoms with van der Waals surface area (Å²) in [6.07, 6.45) is 1.97. The van der Waals surface area contributed by atoms with Gasteiger partial charge in [-0.3, -0.25) is 14.9 Å². The van der Waals surface area contributed by atoms with Crippen LogP contribution in [0, 0.1) is 0 Å². The number of thiazole rings is 1. The average molecular weight is 546 g/mol. The first kappa shape index (κ1) is 24.3. The average Bonchev–Trinajstić information content (AvgIpc) is 3.52. The zero-order chi connectivity index (χ0) is 25.4. The zero-order valence-electron chi connectivity index (χ0n) is 18.9. The van der Waals surface area contributed by atoms with Crippen LogP contribution in [-0.2, 0) is 19.4 Å². The lowest BCUT2D eigenvalue weighted by molar-refractivity contribution is -0.132. The van der Waals surface area contributed by atoms with Crippen molar-refractivity contribution >= 4 is 60.7 Å². The van der Waals surface area contributed by atoms with Crippen molar-refractivity contribution in [3.05, 3.63) is 64.6 Å². The van der Waals surface area contributed by atoms with Gasteiger partial charge in [-0.15, -0.1) is 0 Å². The lowest BCUT2D eigenvalue weighted by Gasteiger charge is -2.19. The summed E-state index contributed by atoms with van der Waals surface area (Å²) in [5, 5.41) is 3.32. The number of sulfone groups is 1. The molecule has 0 aliphatic heterocycles. The normalized spacial score (nSPS) is 14.4. The van der Waals surface area contributed by atoms with E-state index in [2.05, 4.69) is 15.3 Å². The second-order valence-corrected chi connectivity index (χ2v) is 12.0. The molecule has 4 aromatic rings. The van der Waals surface area contributed by atoms with Crippen LogP contribution in [0.4, 0.5) is 5.13 Å². The number of ether oxygens (including phenoxy) is 2. The number of H-pyrrole nitrogens is 1. The summed E-state index contributed by atoms with van der Waals surface area (Å²) in [7, 11) is -3.38. The Balaban J connectivity index is 1.44. The largest absolute Gasteiger partial charge is 0.476 e. The van der Waals surface area contributed by atoms with Gasteiger partial charge in [0.25, 0.3) is 11.8 Å². The van der Waals surface area contributed by atoms with Crippen LogP contribution in [0.1, 0.15) is 31.4 Å². The molecule has 5 rings (SSSR count). The number of hydrogen-bond acceptors (Lipinski definition) is 8. The number of anilines is 1. The molecule has 2 heterocycles. The summed E-state index contributed by atoms with van der Waals surface area (Å²) in [6.45, 7) is 1.21. The van der Waals surface area contributed by atoms with Crippen LogP contribution in [0.15, 0.2) is 59.6 Å². The lowest BCUT2D eigenvalue weighted by atomic mass is 10.1. The number of nitrogens with one attached hydrogen (secondary N) is 2. The van der Waals surface area contributed by atoms with Crippen LogP contribution < -0.4 is 14.8 Å². The maximum atomic E-state index is 13.3. The van der Waals surface area contributed by atoms with Crippen molar-refractivity contribution in [1.29, 1.82) is 0 Å². The van der Waals surface area contributed by atoms with Crippen molar-refractivity contribution in [1.82, 2.24) is 9.97 Å². The van der Waals surface area contributed by atoms with Gasteiger partial charge >= 0.3 is 5.97 Å². The highest BCUT2D eigenvalue weighted by Gasteiger charge is 2.37. The predicted octanol–water partition coefficient (Wildman–Crippen LogP) is 4.90. The third-order valence-corrected chi connectivity index (χ3v) is 8.93. The zero-order valence-corrected chi connectivity index (χ0v) is 21.2. The molecule has 0 bridgehead atoms. The minimum absolute atomic E-state index is 0.102. The van der Waals surface area contributed by atoms with E-state index in [1.165, 1.54) is 19.1 Å². The van der Waals surface area contributed by atoms with Crippen molar-refractivity contribution in [3.8, 4) is 11.6 Å². The molecule has 186 valence electrons. The van der Waals surface area contributed by atoms with Crippen molar-refractivity contribution in [3.63, 3.8) is 0 Å². The topological polar surface area (TPSA) is 127 Å². The van der Waals surface area contributed by atoms with Gasteiger partial charge < -0.3 is 14.5 Å². The van der Waals surface area contributed by atoms with Gasteiger partial charge in [0.2, 0.25) is 6.10 Å². The molecule has 0 spiro atoms. The smallest absolute Gasteiger partial charge is 0.309 e. The maximum absolute atomic E-state index is 13.3. The summed E-state index contributed by atoms with van der Waals surface area (Å²) in [5.41, 5.74) is 1.35. The molecule has 12 heteroatoms. The molecule has 1 saturated carbocycles. The van der Waals surface area contributed by atoms with E-state index in [0.717, 1.165) is 22.2 Å². The van der Waals surface area contributed by atoms with Crippen LogP contribution in [0.3, 0.4) is 0 Å². The first-order valence-electron chi connectivity index (χ1n) is 10.9. The fraction of sp³-hybridized carbons (Fsp3) is 0.208. The van der Waals surface area contributed by atoms with E-state index in [4.69, 9.17) is 21.1 Å². The number of aromatic amines is 1. The molecule has 1 aliphatic carbocycles. The third kappa shape index (κ3) is 5.08. The Morgan fingerprint density at radius 1 is 1.17 bits per heavy atom. The number of carbonyl (C=O) groups is 2. The van der Waals surface area contributed by atoms with E-state index < -0.39 is 27.8 Å². The highest BCUT2D eigenvalue weighted by molar-refractivity contribution is 7.92. The van der Waals surface area contributed by atoms with Crippen molar-refractivity contribution < 1.29 is 27.5 Å². The van der Waals surface area contributed by atoms with Gasteiger partial charge in [-0.2, -0.15) is 4.98 Å². The van der Waals surface area contributed by atoms with E-state index in [0.29, 0.717) is 24.2 Å². The van der Waals surface area contributed by atoms with E-state index in [1.807, 2.05) is 12.1 Å². The molecule has 1 unspecified atom stereocenters. The fourth-order valence-electron chi connectivity index (χ4n) is 3.63. The Labute approximate surface area is 215 Å². The Hall–Kier alpha value is -3.41. The lowest BCUT2D eigenvalue weighted by Crippen LogP contribution is -2.25. The molecule has 9 nitrogen and oxygen atoms in total. The minimum atomic E-state index is -3.38. The molecule has 1 fully saturated rings. The molecule has 1 aliphatic rings. The van der Waals surface area contributed by atoms with Gasteiger partial charge in [0.15, 0.2) is 19.3 Å². The third-order valence-electron chi connectivity index (χ3n) is 5.52. The fourth-order valence-corrected chi connectivity index (χ4v) is 6.21. The highest BCUT2D eigenvalue weighted by Crippen LogP contribution is 2.36. The first-order chi connectivity index (χ1) is 17.2. The van der Waals surface area contributed by atoms with Crippen molar-refractivity contribution in [2.75, 3.05) is 5.32 Å². The quantitative estimate of drug-likeness (QED) is 0.301. The number of aromatic nitrogens is 2. The minimum Gasteiger partial charge on any atom is -0.476 e. The summed E-state index contributed by atoms with van der Waals surface area (Å²) < 4.78 is 36.3. The van der Waals surface area contributed by atoms with Crippen molar-refractivity contribution in [2.24, 2.45) is 0 Å². The maximum Gasteiger partial charge on any atom is 0.309 e. The number of esters is 1. The van der Waals surface area contributed by atoms with Crippen LogP contribution in [-0.4, -0.2) is 35.5 Å². The molecule has 1 atom stereocenters. The molecule has 2 aromatic heterocycles. The molecule has 0 radical (unpaired) electrons. The summed E-state index contributed by atoms with van der Waals surface area (Å²) in [4.78, 5) is 31.9. The Kier molecular flexibility index (Phi) is 6.45. The molecule has 2 N–H and O–H groups in total. The van der Waals surface area contributed by atoms with E-state index in [9.17, 15) is 18.0 Å². The van der Waals surface area contributed by atoms with Gasteiger partial charge in [0, 0.05) is 29.6 Å². The first-order valence-corrected chi connectivity index (χ1v) is 13.7. The van der Waals surface area contributed by atoms with Gasteiger partial charge in [0.1, 0.15) is 5.75 Å². The van der Waals surface area contributed by atoms with E-state index >= 15 is 0 Å². The SMILES string of the molecule is CC(=O)Oc1nc(NC(=O)C(Oc2ccc3[nH]ccc3c2)c2ccc(S(=O)(=O)C3CC3)cc2)sc1Cl. The number of amides is 1. The van der Waals surface area contributed by atoms with Crippen LogP contribution in [0.5, 0.6) is 11.6 Å². The van der Waals surface area contributed by atoms with Crippen LogP contribution in [0.2, 0.25) is 4.34 Å². The number of rotatable bonds is 8. The summed E-state index contributed by atoms with van der Waals surface area (Å²) in [6, 6.07) is 13.3. The molecule has 0 saturated heterocycles. The van der Waals surface area contributed by atoms with Gasteiger partial charge in [-0.05, 0) is 49.2 Å². The number of carbonyl (C=O) groups excluding carboxylic acids is 2. The number of nitrogens with zero attached hydrogens (tertiary/aromatic N) is 1.